The fraction of sp³-hybridized carbons (Fsp3) is 0.778. The van der Waals surface area contributed by atoms with E-state index >= 15 is 0 Å². The first kappa shape index (κ1) is 21.5. The van der Waals surface area contributed by atoms with Crippen LogP contribution in [0.25, 0.3) is 0 Å². The molecule has 1 rings (SSSR count). The van der Waals surface area contributed by atoms with Gasteiger partial charge in [0.05, 0.1) is 19.1 Å². The van der Waals surface area contributed by atoms with Crippen molar-refractivity contribution in [3.05, 3.63) is 12.2 Å². The molecule has 144 valence electrons. The number of alkyl halides is 2. The van der Waals surface area contributed by atoms with Crippen molar-refractivity contribution in [2.24, 2.45) is 11.8 Å². The van der Waals surface area contributed by atoms with E-state index < -0.39 is 23.7 Å². The van der Waals surface area contributed by atoms with Crippen LogP contribution in [-0.4, -0.2) is 54.1 Å². The Labute approximate surface area is 148 Å². The molecular formula is C18H29F2NO4. The van der Waals surface area contributed by atoms with Crippen molar-refractivity contribution in [2.45, 2.75) is 51.9 Å². The number of halogens is 2. The number of carbonyl (C=O) groups excluding carboxylic acids is 1. The molecule has 1 aliphatic heterocycles. The molecule has 0 saturated carbocycles. The second-order valence-electron chi connectivity index (χ2n) is 6.89. The lowest BCUT2D eigenvalue weighted by atomic mass is 9.85. The van der Waals surface area contributed by atoms with E-state index in [-0.39, 0.29) is 45.1 Å². The van der Waals surface area contributed by atoms with Gasteiger partial charge in [-0.05, 0) is 32.1 Å². The summed E-state index contributed by atoms with van der Waals surface area (Å²) >= 11 is 0. The van der Waals surface area contributed by atoms with Crippen molar-refractivity contribution < 1.29 is 28.2 Å². The summed E-state index contributed by atoms with van der Waals surface area (Å²) in [6.07, 6.45) is 1.94. The van der Waals surface area contributed by atoms with Gasteiger partial charge in [0.25, 0.3) is 5.91 Å². The third kappa shape index (κ3) is 6.72. The number of hydrogen-bond acceptors (Lipinski definition) is 3. The van der Waals surface area contributed by atoms with E-state index in [1.54, 1.807) is 0 Å². The highest BCUT2D eigenvalue weighted by molar-refractivity contribution is 5.84. The first-order valence-corrected chi connectivity index (χ1v) is 8.78. The molecule has 0 spiro atoms. The third-order valence-electron chi connectivity index (χ3n) is 4.65. The third-order valence-corrected chi connectivity index (χ3v) is 4.65. The summed E-state index contributed by atoms with van der Waals surface area (Å²) in [5.41, 5.74) is 0.296. The summed E-state index contributed by atoms with van der Waals surface area (Å²) in [6.45, 7) is 8.03. The van der Waals surface area contributed by atoms with Gasteiger partial charge in [0.1, 0.15) is 0 Å². The van der Waals surface area contributed by atoms with Gasteiger partial charge < -0.3 is 14.7 Å². The number of ether oxygens (including phenoxy) is 1. The molecule has 0 aromatic heterocycles. The van der Waals surface area contributed by atoms with Crippen LogP contribution >= 0.6 is 0 Å². The van der Waals surface area contributed by atoms with E-state index in [0.29, 0.717) is 24.8 Å². The van der Waals surface area contributed by atoms with Crippen molar-refractivity contribution in [1.82, 2.24) is 4.90 Å². The lowest BCUT2D eigenvalue weighted by Gasteiger charge is -2.34. The molecule has 1 amide bonds. The second kappa shape index (κ2) is 9.85. The van der Waals surface area contributed by atoms with Crippen LogP contribution in [-0.2, 0) is 14.3 Å². The molecule has 5 nitrogen and oxygen atoms in total. The van der Waals surface area contributed by atoms with Gasteiger partial charge in [-0.2, -0.15) is 8.78 Å². The van der Waals surface area contributed by atoms with Crippen LogP contribution in [0.1, 0.15) is 46.0 Å². The predicted octanol–water partition coefficient (Wildman–Crippen LogP) is 3.34. The molecule has 1 N–H and O–H groups in total. The molecule has 25 heavy (non-hydrogen) atoms. The number of hydrogen-bond donors (Lipinski definition) is 1. The van der Waals surface area contributed by atoms with Gasteiger partial charge in [0.2, 0.25) is 0 Å². The Bertz CT molecular complexity index is 476. The smallest absolute Gasteiger partial charge is 0.331 e. The molecule has 1 aliphatic rings. The Kier molecular flexibility index (Phi) is 8.48. The van der Waals surface area contributed by atoms with Gasteiger partial charge in [-0.25, -0.2) is 0 Å². The van der Waals surface area contributed by atoms with Crippen molar-refractivity contribution in [1.29, 1.82) is 0 Å². The van der Waals surface area contributed by atoms with Crippen LogP contribution in [0.2, 0.25) is 0 Å². The van der Waals surface area contributed by atoms with Crippen molar-refractivity contribution in [3.63, 3.8) is 0 Å². The van der Waals surface area contributed by atoms with E-state index in [1.165, 1.54) is 6.92 Å². The highest BCUT2D eigenvalue weighted by Gasteiger charge is 2.49. The number of carbonyl (C=O) groups is 2. The molecule has 1 heterocycles. The van der Waals surface area contributed by atoms with Crippen LogP contribution in [0.3, 0.4) is 0 Å². The fourth-order valence-electron chi connectivity index (χ4n) is 3.06. The molecule has 0 bridgehead atoms. The van der Waals surface area contributed by atoms with Gasteiger partial charge in [-0.3, -0.25) is 9.59 Å². The number of carboxylic acid groups (broad SMARTS) is 1. The SMILES string of the molecule is C=C(C)C(CCC(C)CCCC(=O)O)C(F)(F)C(=O)N1CCOCC1. The highest BCUT2D eigenvalue weighted by atomic mass is 19.3. The van der Waals surface area contributed by atoms with Crippen molar-refractivity contribution in [2.75, 3.05) is 26.3 Å². The molecule has 2 atom stereocenters. The number of carboxylic acids is 1. The molecule has 1 saturated heterocycles. The zero-order chi connectivity index (χ0) is 19.0. The minimum Gasteiger partial charge on any atom is -0.481 e. The van der Waals surface area contributed by atoms with E-state index in [9.17, 15) is 18.4 Å². The number of aliphatic carboxylic acids is 1. The Morgan fingerprint density at radius 2 is 1.84 bits per heavy atom. The summed E-state index contributed by atoms with van der Waals surface area (Å²) in [5, 5.41) is 8.65. The van der Waals surface area contributed by atoms with E-state index in [1.807, 2.05) is 6.92 Å². The predicted molar refractivity (Wildman–Crippen MR) is 90.5 cm³/mol. The molecule has 7 heteroatoms. The van der Waals surface area contributed by atoms with Crippen LogP contribution < -0.4 is 0 Å². The highest BCUT2D eigenvalue weighted by Crippen LogP contribution is 2.36. The Hall–Kier alpha value is -1.50. The summed E-state index contributed by atoms with van der Waals surface area (Å²) in [5.74, 6) is -6.57. The van der Waals surface area contributed by atoms with Crippen molar-refractivity contribution >= 4 is 11.9 Å². The molecule has 0 aromatic carbocycles. The summed E-state index contributed by atoms with van der Waals surface area (Å²) in [7, 11) is 0. The minimum atomic E-state index is -3.48. The maximum Gasteiger partial charge on any atom is 0.331 e. The maximum absolute atomic E-state index is 14.8. The Morgan fingerprint density at radius 3 is 2.36 bits per heavy atom. The second-order valence-corrected chi connectivity index (χ2v) is 6.89. The van der Waals surface area contributed by atoms with E-state index in [4.69, 9.17) is 9.84 Å². The molecule has 0 radical (unpaired) electrons. The van der Waals surface area contributed by atoms with Gasteiger partial charge in [-0.15, -0.1) is 0 Å². The summed E-state index contributed by atoms with van der Waals surface area (Å²) in [6, 6.07) is 0. The number of amides is 1. The van der Waals surface area contributed by atoms with Crippen LogP contribution in [0.4, 0.5) is 8.78 Å². The normalized spacial score (nSPS) is 17.8. The Morgan fingerprint density at radius 1 is 1.24 bits per heavy atom. The van der Waals surface area contributed by atoms with Crippen LogP contribution in [0, 0.1) is 11.8 Å². The van der Waals surface area contributed by atoms with Gasteiger partial charge in [-0.1, -0.05) is 25.5 Å². The standard InChI is InChI=1S/C18H29F2NO4/c1-13(2)15(8-7-14(3)5-4-6-16(22)23)18(19,20)17(24)21-9-11-25-12-10-21/h14-15H,1,4-12H2,2-3H3,(H,22,23). The Balaban J connectivity index is 2.62. The number of morpholine rings is 1. The average Bonchev–Trinajstić information content (AvgIpc) is 2.54. The molecule has 0 aromatic rings. The topological polar surface area (TPSA) is 66.8 Å². The number of allylic oxidation sites excluding steroid dienone is 1. The fourth-order valence-corrected chi connectivity index (χ4v) is 3.06. The first-order valence-electron chi connectivity index (χ1n) is 8.78. The minimum absolute atomic E-state index is 0.0833. The van der Waals surface area contributed by atoms with Gasteiger partial charge in [0, 0.05) is 19.5 Å². The van der Waals surface area contributed by atoms with Gasteiger partial charge >= 0.3 is 11.9 Å². The van der Waals surface area contributed by atoms with Crippen molar-refractivity contribution in [3.8, 4) is 0 Å². The monoisotopic (exact) mass is 361 g/mol. The maximum atomic E-state index is 14.8. The molecule has 2 unspecified atom stereocenters. The average molecular weight is 361 g/mol. The zero-order valence-electron chi connectivity index (χ0n) is 15.1. The largest absolute Gasteiger partial charge is 0.481 e. The molecular weight excluding hydrogens is 332 g/mol. The van der Waals surface area contributed by atoms with Crippen LogP contribution in [0.15, 0.2) is 12.2 Å². The molecule has 0 aliphatic carbocycles. The van der Waals surface area contributed by atoms with Crippen LogP contribution in [0.5, 0.6) is 0 Å². The first-order chi connectivity index (χ1) is 11.7. The molecule has 1 fully saturated rings. The summed E-state index contributed by atoms with van der Waals surface area (Å²) < 4.78 is 34.6. The zero-order valence-corrected chi connectivity index (χ0v) is 15.1. The lowest BCUT2D eigenvalue weighted by molar-refractivity contribution is -0.168. The quantitative estimate of drug-likeness (QED) is 0.606. The van der Waals surface area contributed by atoms with E-state index in [2.05, 4.69) is 6.58 Å². The lowest BCUT2D eigenvalue weighted by Crippen LogP contribution is -2.51. The summed E-state index contributed by atoms with van der Waals surface area (Å²) in [4.78, 5) is 24.0. The number of nitrogens with zero attached hydrogens (tertiary/aromatic N) is 1. The number of rotatable bonds is 10. The van der Waals surface area contributed by atoms with E-state index in [0.717, 1.165) is 4.90 Å². The van der Waals surface area contributed by atoms with Gasteiger partial charge in [0.15, 0.2) is 0 Å².